The molecule has 1 heterocycles. The number of hydrogen-bond acceptors (Lipinski definition) is 4. The Balaban J connectivity index is 2.56. The Morgan fingerprint density at radius 3 is 2.63 bits per heavy atom. The third-order valence-electron chi connectivity index (χ3n) is 3.16. The molecule has 1 atom stereocenters. The van der Waals surface area contributed by atoms with E-state index in [1.54, 1.807) is 12.1 Å². The van der Waals surface area contributed by atoms with Crippen molar-refractivity contribution in [3.63, 3.8) is 0 Å². The second-order valence-electron chi connectivity index (χ2n) is 4.92. The molecule has 1 aromatic carbocycles. The molecule has 2 rings (SSSR count). The first-order valence-corrected chi connectivity index (χ1v) is 6.43. The molecule has 0 aromatic heterocycles. The summed E-state index contributed by atoms with van der Waals surface area (Å²) in [6.07, 6.45) is 0.812. The average molecular weight is 265 g/mol. The summed E-state index contributed by atoms with van der Waals surface area (Å²) in [4.78, 5) is 11.1. The van der Waals surface area contributed by atoms with Gasteiger partial charge in [-0.25, -0.2) is 0 Å². The number of carboxylic acids is 1. The minimum atomic E-state index is -1.05. The Morgan fingerprint density at radius 2 is 2.00 bits per heavy atom. The molecule has 1 aliphatic heterocycles. The van der Waals surface area contributed by atoms with Crippen LogP contribution in [0.2, 0.25) is 0 Å². The molecule has 5 heteroatoms. The number of benzene rings is 1. The Bertz CT molecular complexity index is 485. The average Bonchev–Trinajstić information content (AvgIpc) is 2.61. The molecular formula is C14H19NO4. The maximum absolute atomic E-state index is 11.1. The smallest absolute Gasteiger partial charge is 0.325 e. The van der Waals surface area contributed by atoms with Gasteiger partial charge in [0.25, 0.3) is 0 Å². The van der Waals surface area contributed by atoms with Gasteiger partial charge in [-0.2, -0.15) is 0 Å². The van der Waals surface area contributed by atoms with E-state index < -0.39 is 12.0 Å². The maximum Gasteiger partial charge on any atom is 0.325 e. The molecule has 104 valence electrons. The molecule has 0 saturated heterocycles. The van der Waals surface area contributed by atoms with E-state index in [1.807, 2.05) is 13.8 Å². The van der Waals surface area contributed by atoms with Crippen LogP contribution in [0.4, 0.5) is 0 Å². The van der Waals surface area contributed by atoms with E-state index in [1.165, 1.54) is 0 Å². The summed E-state index contributed by atoms with van der Waals surface area (Å²) < 4.78 is 11.4. The highest BCUT2D eigenvalue weighted by Crippen LogP contribution is 2.41. The molecule has 5 nitrogen and oxygen atoms in total. The predicted molar refractivity (Wildman–Crippen MR) is 70.7 cm³/mol. The van der Waals surface area contributed by atoms with Crippen molar-refractivity contribution in [1.82, 2.24) is 0 Å². The van der Waals surface area contributed by atoms with Gasteiger partial charge in [0.1, 0.15) is 6.04 Å². The lowest BCUT2D eigenvalue weighted by Crippen LogP contribution is -2.22. The van der Waals surface area contributed by atoms with Crippen LogP contribution in [0.1, 0.15) is 43.4 Å². The van der Waals surface area contributed by atoms with Crippen molar-refractivity contribution >= 4 is 5.97 Å². The normalized spacial score (nSPS) is 16.0. The van der Waals surface area contributed by atoms with Crippen LogP contribution in [0.3, 0.4) is 0 Å². The van der Waals surface area contributed by atoms with Gasteiger partial charge < -0.3 is 20.3 Å². The summed E-state index contributed by atoms with van der Waals surface area (Å²) in [6, 6.07) is 2.42. The summed E-state index contributed by atoms with van der Waals surface area (Å²) in [6.45, 7) is 5.15. The van der Waals surface area contributed by atoms with Gasteiger partial charge in [0, 0.05) is 12.0 Å². The molecule has 1 aliphatic rings. The van der Waals surface area contributed by atoms with Gasteiger partial charge in [0.2, 0.25) is 0 Å². The van der Waals surface area contributed by atoms with Crippen molar-refractivity contribution in [2.45, 2.75) is 32.2 Å². The molecular weight excluding hydrogens is 246 g/mol. The number of rotatable bonds is 3. The number of carboxylic acid groups (broad SMARTS) is 1. The Morgan fingerprint density at radius 1 is 1.32 bits per heavy atom. The first-order chi connectivity index (χ1) is 9.02. The van der Waals surface area contributed by atoms with Gasteiger partial charge in [0.15, 0.2) is 11.5 Å². The summed E-state index contributed by atoms with van der Waals surface area (Å²) in [5, 5.41) is 9.10. The van der Waals surface area contributed by atoms with Crippen molar-refractivity contribution in [3.05, 3.63) is 23.3 Å². The molecule has 0 bridgehead atoms. The van der Waals surface area contributed by atoms with Crippen LogP contribution in [0.5, 0.6) is 11.5 Å². The quantitative estimate of drug-likeness (QED) is 0.874. The van der Waals surface area contributed by atoms with E-state index in [0.717, 1.165) is 12.0 Å². The fourth-order valence-corrected chi connectivity index (χ4v) is 2.27. The number of fused-ring (bicyclic) bond motifs is 1. The van der Waals surface area contributed by atoms with Crippen molar-refractivity contribution in [2.24, 2.45) is 5.73 Å². The second-order valence-corrected chi connectivity index (χ2v) is 4.92. The highest BCUT2D eigenvalue weighted by molar-refractivity contribution is 5.77. The number of ether oxygens (including phenoxy) is 2. The predicted octanol–water partition coefficient (Wildman–Crippen LogP) is 2.06. The first kappa shape index (κ1) is 13.7. The number of nitrogens with two attached hydrogens (primary N) is 1. The standard InChI is InChI=1S/C14H19NO4/c1-8(2)11-9(12(15)14(16)17)4-5-10-13(11)19-7-3-6-18-10/h4-5,8,12H,3,6-7,15H2,1-2H3,(H,16,17). The largest absolute Gasteiger partial charge is 0.490 e. The Kier molecular flexibility index (Phi) is 3.95. The summed E-state index contributed by atoms with van der Waals surface area (Å²) in [5.74, 6) is 0.373. The topological polar surface area (TPSA) is 81.8 Å². The molecule has 3 N–H and O–H groups in total. The zero-order chi connectivity index (χ0) is 14.0. The van der Waals surface area contributed by atoms with Crippen LogP contribution in [-0.4, -0.2) is 24.3 Å². The molecule has 0 spiro atoms. The number of hydrogen-bond donors (Lipinski definition) is 2. The molecule has 1 unspecified atom stereocenters. The van der Waals surface area contributed by atoms with E-state index >= 15 is 0 Å². The highest BCUT2D eigenvalue weighted by atomic mass is 16.5. The second kappa shape index (κ2) is 5.48. The Labute approximate surface area is 112 Å². The molecule has 0 radical (unpaired) electrons. The first-order valence-electron chi connectivity index (χ1n) is 6.43. The summed E-state index contributed by atoms with van der Waals surface area (Å²) >= 11 is 0. The monoisotopic (exact) mass is 265 g/mol. The van der Waals surface area contributed by atoms with Gasteiger partial charge in [0.05, 0.1) is 13.2 Å². The SMILES string of the molecule is CC(C)c1c(C(N)C(=O)O)ccc2c1OCCCO2. The minimum Gasteiger partial charge on any atom is -0.490 e. The lowest BCUT2D eigenvalue weighted by Gasteiger charge is -2.21. The third-order valence-corrected chi connectivity index (χ3v) is 3.16. The van der Waals surface area contributed by atoms with Crippen molar-refractivity contribution in [1.29, 1.82) is 0 Å². The molecule has 0 fully saturated rings. The van der Waals surface area contributed by atoms with Crippen LogP contribution < -0.4 is 15.2 Å². The molecule has 0 saturated carbocycles. The zero-order valence-electron chi connectivity index (χ0n) is 11.2. The fraction of sp³-hybridized carbons (Fsp3) is 0.500. The molecule has 19 heavy (non-hydrogen) atoms. The molecule has 0 amide bonds. The maximum atomic E-state index is 11.1. The fourth-order valence-electron chi connectivity index (χ4n) is 2.27. The minimum absolute atomic E-state index is 0.108. The van der Waals surface area contributed by atoms with Gasteiger partial charge in [-0.05, 0) is 17.5 Å². The number of aliphatic carboxylic acids is 1. The van der Waals surface area contributed by atoms with Crippen LogP contribution in [0.15, 0.2) is 12.1 Å². The van der Waals surface area contributed by atoms with E-state index in [-0.39, 0.29) is 5.92 Å². The summed E-state index contributed by atoms with van der Waals surface area (Å²) in [7, 11) is 0. The van der Waals surface area contributed by atoms with Crippen molar-refractivity contribution in [2.75, 3.05) is 13.2 Å². The lowest BCUT2D eigenvalue weighted by atomic mass is 9.91. The van der Waals surface area contributed by atoms with Crippen LogP contribution in [0, 0.1) is 0 Å². The number of carbonyl (C=O) groups is 1. The third kappa shape index (κ3) is 2.66. The Hall–Kier alpha value is -1.75. The van der Waals surface area contributed by atoms with Gasteiger partial charge in [-0.3, -0.25) is 4.79 Å². The van der Waals surface area contributed by atoms with E-state index in [0.29, 0.717) is 30.3 Å². The zero-order valence-corrected chi connectivity index (χ0v) is 11.2. The van der Waals surface area contributed by atoms with Crippen molar-refractivity contribution in [3.8, 4) is 11.5 Å². The van der Waals surface area contributed by atoms with Crippen LogP contribution in [0.25, 0.3) is 0 Å². The van der Waals surface area contributed by atoms with Crippen LogP contribution in [-0.2, 0) is 4.79 Å². The van der Waals surface area contributed by atoms with Crippen molar-refractivity contribution < 1.29 is 19.4 Å². The van der Waals surface area contributed by atoms with Gasteiger partial charge in [-0.15, -0.1) is 0 Å². The summed E-state index contributed by atoms with van der Waals surface area (Å²) in [5.41, 5.74) is 7.17. The molecule has 1 aromatic rings. The lowest BCUT2D eigenvalue weighted by molar-refractivity contribution is -0.138. The van der Waals surface area contributed by atoms with Gasteiger partial charge >= 0.3 is 5.97 Å². The van der Waals surface area contributed by atoms with E-state index in [2.05, 4.69) is 0 Å². The van der Waals surface area contributed by atoms with E-state index in [4.69, 9.17) is 20.3 Å². The van der Waals surface area contributed by atoms with E-state index in [9.17, 15) is 4.79 Å². The van der Waals surface area contributed by atoms with Crippen LogP contribution >= 0.6 is 0 Å². The molecule has 0 aliphatic carbocycles. The van der Waals surface area contributed by atoms with Gasteiger partial charge in [-0.1, -0.05) is 19.9 Å². The highest BCUT2D eigenvalue weighted by Gasteiger charge is 2.26.